The number of carboxylic acid groups (broad SMARTS) is 1. The zero-order chi connectivity index (χ0) is 14.3. The van der Waals surface area contributed by atoms with Crippen LogP contribution in [-0.2, 0) is 9.22 Å². The van der Waals surface area contributed by atoms with Crippen LogP contribution in [0.2, 0.25) is 0 Å². The van der Waals surface area contributed by atoms with E-state index in [0.29, 0.717) is 12.2 Å². The van der Waals surface area contributed by atoms with Crippen molar-refractivity contribution in [3.05, 3.63) is 41.5 Å². The van der Waals surface area contributed by atoms with E-state index in [1.54, 1.807) is 37.3 Å². The number of benzene rings is 1. The smallest absolute Gasteiger partial charge is 0.341 e. The van der Waals surface area contributed by atoms with E-state index >= 15 is 0 Å². The zero-order valence-corrected chi connectivity index (χ0v) is 11.4. The number of aliphatic imine (C=N–C) groups is 1. The minimum absolute atomic E-state index is 0.226. The monoisotopic (exact) mass is 276 g/mol. The lowest BCUT2D eigenvalue weighted by Crippen LogP contribution is -2.11. The molecule has 3 radical (unpaired) electrons. The summed E-state index contributed by atoms with van der Waals surface area (Å²) in [6.45, 7) is 2.06. The highest BCUT2D eigenvalue weighted by molar-refractivity contribution is 6.14. The molecular formula is C13H14NO4Si. The maximum absolute atomic E-state index is 11.1. The third-order valence-electron chi connectivity index (χ3n) is 2.32. The third kappa shape index (κ3) is 4.68. The van der Waals surface area contributed by atoms with Crippen LogP contribution in [0.4, 0.5) is 0 Å². The normalized spacial score (nSPS) is 14.2. The first kappa shape index (κ1) is 15.1. The molecular weight excluding hydrogens is 262 g/mol. The Labute approximate surface area is 114 Å². The van der Waals surface area contributed by atoms with E-state index in [0.717, 1.165) is 6.21 Å². The Morgan fingerprint density at radius 1 is 1.42 bits per heavy atom. The van der Waals surface area contributed by atoms with E-state index in [1.165, 1.54) is 0 Å². The number of aliphatic hydroxyl groups is 1. The topological polar surface area (TPSA) is 79.1 Å². The maximum Gasteiger partial charge on any atom is 0.341 e. The van der Waals surface area contributed by atoms with Crippen molar-refractivity contribution in [2.75, 3.05) is 6.61 Å². The molecule has 0 aliphatic carbocycles. The van der Waals surface area contributed by atoms with Crippen molar-refractivity contribution in [1.29, 1.82) is 0 Å². The number of carbonyl (C=O) groups is 1. The fourth-order valence-electron chi connectivity index (χ4n) is 1.33. The fourth-order valence-corrected chi connectivity index (χ4v) is 1.58. The van der Waals surface area contributed by atoms with Gasteiger partial charge in [0, 0.05) is 11.8 Å². The van der Waals surface area contributed by atoms with Crippen molar-refractivity contribution in [3.63, 3.8) is 0 Å². The van der Waals surface area contributed by atoms with Gasteiger partial charge < -0.3 is 14.6 Å². The summed E-state index contributed by atoms with van der Waals surface area (Å²) in [4.78, 5) is 15.1. The number of rotatable bonds is 6. The summed E-state index contributed by atoms with van der Waals surface area (Å²) in [5, 5.41) is 19.1. The summed E-state index contributed by atoms with van der Waals surface area (Å²) in [7, 11) is 2.85. The number of aliphatic carboxylic acids is 1. The van der Waals surface area contributed by atoms with Crippen molar-refractivity contribution in [2.45, 2.75) is 13.0 Å². The molecule has 0 amide bonds. The second kappa shape index (κ2) is 7.50. The van der Waals surface area contributed by atoms with Gasteiger partial charge in [-0.15, -0.1) is 0 Å². The van der Waals surface area contributed by atoms with Crippen molar-refractivity contribution >= 4 is 28.4 Å². The average molecular weight is 276 g/mol. The molecule has 1 rings (SSSR count). The summed E-state index contributed by atoms with van der Waals surface area (Å²) in [6.07, 6.45) is 1.14. The van der Waals surface area contributed by atoms with E-state index < -0.39 is 5.97 Å². The minimum Gasteiger partial charge on any atom is -0.506 e. The van der Waals surface area contributed by atoms with Gasteiger partial charge in [-0.2, -0.15) is 0 Å². The molecule has 0 heterocycles. The molecule has 0 spiro atoms. The molecule has 1 aromatic carbocycles. The van der Waals surface area contributed by atoms with E-state index in [1.807, 2.05) is 0 Å². The van der Waals surface area contributed by atoms with Gasteiger partial charge in [-0.3, -0.25) is 4.99 Å². The Balaban J connectivity index is 3.04. The molecule has 99 valence electrons. The fraction of sp³-hybridized carbons (Fsp3) is 0.231. The Kier molecular flexibility index (Phi) is 5.97. The van der Waals surface area contributed by atoms with Crippen molar-refractivity contribution in [2.24, 2.45) is 4.99 Å². The highest BCUT2D eigenvalue weighted by Crippen LogP contribution is 2.15. The molecule has 1 aromatic rings. The summed E-state index contributed by atoms with van der Waals surface area (Å²) in [5.41, 5.74) is 0.169. The third-order valence-corrected chi connectivity index (χ3v) is 2.48. The number of hydrogen-bond acceptors (Lipinski definition) is 4. The molecule has 2 N–H and O–H groups in total. The molecule has 19 heavy (non-hydrogen) atoms. The van der Waals surface area contributed by atoms with Crippen LogP contribution in [0.25, 0.3) is 5.76 Å². The van der Waals surface area contributed by atoms with E-state index in [9.17, 15) is 9.90 Å². The number of carboxylic acids is 1. The first-order valence-corrected chi connectivity index (χ1v) is 6.00. The van der Waals surface area contributed by atoms with E-state index in [-0.39, 0.29) is 17.4 Å². The highest BCUT2D eigenvalue weighted by atomic mass is 28.2. The minimum atomic E-state index is -1.24. The second-order valence-corrected chi connectivity index (χ2v) is 4.16. The first-order valence-electron chi connectivity index (χ1n) is 5.60. The number of nitrogens with zero attached hydrogens (tertiary/aromatic N) is 1. The first-order chi connectivity index (χ1) is 9.06. The van der Waals surface area contributed by atoms with Gasteiger partial charge in [-0.25, -0.2) is 4.79 Å². The van der Waals surface area contributed by atoms with Gasteiger partial charge in [0.15, 0.2) is 0 Å². The molecule has 0 aliphatic rings. The highest BCUT2D eigenvalue weighted by Gasteiger charge is 2.13. The molecule has 5 nitrogen and oxygen atoms in total. The van der Waals surface area contributed by atoms with Crippen LogP contribution in [-0.4, -0.2) is 45.5 Å². The van der Waals surface area contributed by atoms with Crippen molar-refractivity contribution in [1.82, 2.24) is 0 Å². The Bertz CT molecular complexity index is 485. The van der Waals surface area contributed by atoms with Crippen LogP contribution in [0.5, 0.6) is 0 Å². The van der Waals surface area contributed by atoms with Crippen molar-refractivity contribution in [3.8, 4) is 0 Å². The van der Waals surface area contributed by atoms with Gasteiger partial charge in [-0.1, -0.05) is 30.3 Å². The second-order valence-electron chi connectivity index (χ2n) is 3.87. The number of aliphatic hydroxyl groups excluding tert-OH is 1. The van der Waals surface area contributed by atoms with Gasteiger partial charge in [0.1, 0.15) is 11.3 Å². The summed E-state index contributed by atoms with van der Waals surface area (Å²) in [5.74, 6) is -1.56. The lowest BCUT2D eigenvalue weighted by molar-refractivity contribution is -0.132. The quantitative estimate of drug-likeness (QED) is 0.358. The molecule has 0 unspecified atom stereocenters. The Morgan fingerprint density at radius 2 is 2.05 bits per heavy atom. The van der Waals surface area contributed by atoms with Crippen LogP contribution in [0.3, 0.4) is 0 Å². The van der Waals surface area contributed by atoms with Gasteiger partial charge in [-0.05, 0) is 6.92 Å². The average Bonchev–Trinajstić information content (AvgIpc) is 2.39. The summed E-state index contributed by atoms with van der Waals surface area (Å²) >= 11 is 0. The molecule has 0 aromatic heterocycles. The maximum atomic E-state index is 11.1. The van der Waals surface area contributed by atoms with Gasteiger partial charge in [0.2, 0.25) is 10.5 Å². The van der Waals surface area contributed by atoms with Crippen molar-refractivity contribution < 1.29 is 19.4 Å². The standard InChI is InChI=1S/C13H14NO4Si/c1-9(8-18-19)14-7-11(13(16)17)12(15)10-5-3-2-4-6-10/h2-7,9,15H,8H2,1H3,(H,16,17)/t9-/m0/s1. The molecule has 0 saturated carbocycles. The van der Waals surface area contributed by atoms with Crippen LogP contribution in [0.1, 0.15) is 12.5 Å². The molecule has 6 heteroatoms. The molecule has 0 bridgehead atoms. The predicted octanol–water partition coefficient (Wildman–Crippen LogP) is 1.60. The van der Waals surface area contributed by atoms with Gasteiger partial charge >= 0.3 is 5.97 Å². The van der Waals surface area contributed by atoms with Crippen LogP contribution >= 0.6 is 0 Å². The zero-order valence-electron chi connectivity index (χ0n) is 10.4. The molecule has 0 saturated heterocycles. The molecule has 0 aliphatic heterocycles. The summed E-state index contributed by atoms with van der Waals surface area (Å²) in [6, 6.07) is 8.22. The molecule has 0 fully saturated rings. The largest absolute Gasteiger partial charge is 0.506 e. The van der Waals surface area contributed by atoms with Crippen LogP contribution in [0.15, 0.2) is 40.9 Å². The van der Waals surface area contributed by atoms with E-state index in [2.05, 4.69) is 15.5 Å². The lowest BCUT2D eigenvalue weighted by atomic mass is 10.1. The van der Waals surface area contributed by atoms with Gasteiger partial charge in [0.25, 0.3) is 0 Å². The van der Waals surface area contributed by atoms with Gasteiger partial charge in [0.05, 0.1) is 12.6 Å². The van der Waals surface area contributed by atoms with Crippen LogP contribution < -0.4 is 0 Å². The Hall–Kier alpha value is -1.92. The van der Waals surface area contributed by atoms with Crippen LogP contribution in [0, 0.1) is 0 Å². The SMILES string of the molecule is C[C@@H](CO[Si])N=CC(C(=O)O)=C(O)c1ccccc1. The summed E-state index contributed by atoms with van der Waals surface area (Å²) < 4.78 is 4.71. The molecule has 1 atom stereocenters. The van der Waals surface area contributed by atoms with E-state index in [4.69, 9.17) is 9.53 Å². The predicted molar refractivity (Wildman–Crippen MR) is 73.3 cm³/mol. The number of hydrogen-bond donors (Lipinski definition) is 2. The lowest BCUT2D eigenvalue weighted by Gasteiger charge is -2.06. The Morgan fingerprint density at radius 3 is 2.58 bits per heavy atom.